The van der Waals surface area contributed by atoms with E-state index in [1.54, 1.807) is 0 Å². The van der Waals surface area contributed by atoms with E-state index in [9.17, 15) is 0 Å². The summed E-state index contributed by atoms with van der Waals surface area (Å²) in [7, 11) is 0. The molecule has 2 rings (SSSR count). The van der Waals surface area contributed by atoms with Crippen molar-refractivity contribution >= 4 is 39.3 Å². The van der Waals surface area contributed by atoms with E-state index in [-0.39, 0.29) is 0 Å². The Morgan fingerprint density at radius 1 is 1.42 bits per heavy atom. The number of benzene rings is 1. The first kappa shape index (κ1) is 8.92. The second kappa shape index (κ2) is 3.60. The molecule has 0 amide bonds. The highest BCUT2D eigenvalue weighted by Crippen LogP contribution is 2.43. The molecule has 12 heavy (non-hydrogen) atoms. The zero-order valence-corrected chi connectivity index (χ0v) is 9.55. The lowest BCUT2D eigenvalue weighted by Gasteiger charge is -2.25. The lowest BCUT2D eigenvalue weighted by molar-refractivity contribution is 0.849. The van der Waals surface area contributed by atoms with Crippen LogP contribution >= 0.6 is 39.3 Å². The van der Waals surface area contributed by atoms with Gasteiger partial charge < -0.3 is 0 Å². The molecule has 1 saturated heterocycles. The van der Waals surface area contributed by atoms with Crippen molar-refractivity contribution in [3.8, 4) is 0 Å². The van der Waals surface area contributed by atoms with Crippen LogP contribution in [0.4, 0.5) is 0 Å². The summed E-state index contributed by atoms with van der Waals surface area (Å²) in [6.45, 7) is 0. The van der Waals surface area contributed by atoms with E-state index in [0.717, 1.165) is 9.50 Å². The van der Waals surface area contributed by atoms with Gasteiger partial charge in [-0.2, -0.15) is 11.8 Å². The Labute approximate surface area is 89.8 Å². The highest BCUT2D eigenvalue weighted by atomic mass is 79.9. The number of hydrogen-bond donors (Lipinski definition) is 0. The Bertz CT molecular complexity index is 276. The van der Waals surface area contributed by atoms with Gasteiger partial charge in [0.15, 0.2) is 0 Å². The molecule has 1 aromatic carbocycles. The average Bonchev–Trinajstić information content (AvgIpc) is 1.79. The first-order valence-corrected chi connectivity index (χ1v) is 6.05. The van der Waals surface area contributed by atoms with Crippen LogP contribution in [0.5, 0.6) is 0 Å². The molecule has 0 N–H and O–H groups in total. The maximum absolute atomic E-state index is 5.94. The van der Waals surface area contributed by atoms with Crippen LogP contribution in [0.3, 0.4) is 0 Å². The smallest absolute Gasteiger partial charge is 0.0420 e. The molecule has 0 radical (unpaired) electrons. The Morgan fingerprint density at radius 3 is 2.67 bits per heavy atom. The summed E-state index contributed by atoms with van der Waals surface area (Å²) >= 11 is 11.4. The van der Waals surface area contributed by atoms with Crippen LogP contribution in [0.25, 0.3) is 0 Å². The summed E-state index contributed by atoms with van der Waals surface area (Å²) in [6, 6.07) is 6.14. The van der Waals surface area contributed by atoms with E-state index in [0.29, 0.717) is 5.25 Å². The summed E-state index contributed by atoms with van der Waals surface area (Å²) in [5.41, 5.74) is 1.35. The highest BCUT2D eigenvalue weighted by molar-refractivity contribution is 9.10. The zero-order valence-electron chi connectivity index (χ0n) is 6.39. The number of halogens is 2. The van der Waals surface area contributed by atoms with Crippen molar-refractivity contribution in [2.45, 2.75) is 11.7 Å². The summed E-state index contributed by atoms with van der Waals surface area (Å²) in [5, 5.41) is 1.51. The van der Waals surface area contributed by atoms with E-state index in [2.05, 4.69) is 28.1 Å². The second-order valence-corrected chi connectivity index (χ2v) is 5.51. The standard InChI is InChI=1S/C9H8BrClS/c10-7-3-6(4-8(11)5-7)9-1-2-12-9/h3-5,9H,1-2H2. The van der Waals surface area contributed by atoms with Crippen LogP contribution in [0, 0.1) is 0 Å². The fraction of sp³-hybridized carbons (Fsp3) is 0.333. The normalized spacial score (nSPS) is 22.0. The van der Waals surface area contributed by atoms with Crippen LogP contribution in [0.2, 0.25) is 5.02 Å². The van der Waals surface area contributed by atoms with Gasteiger partial charge in [0.05, 0.1) is 0 Å². The molecule has 1 heterocycles. The van der Waals surface area contributed by atoms with Crippen molar-refractivity contribution in [3.05, 3.63) is 33.3 Å². The van der Waals surface area contributed by atoms with Gasteiger partial charge in [0.25, 0.3) is 0 Å². The topological polar surface area (TPSA) is 0 Å². The van der Waals surface area contributed by atoms with Gasteiger partial charge in [0.2, 0.25) is 0 Å². The van der Waals surface area contributed by atoms with Crippen LogP contribution in [-0.4, -0.2) is 5.75 Å². The molecule has 1 fully saturated rings. The number of hydrogen-bond acceptors (Lipinski definition) is 1. The molecule has 0 saturated carbocycles. The van der Waals surface area contributed by atoms with Gasteiger partial charge in [-0.1, -0.05) is 27.5 Å². The second-order valence-electron chi connectivity index (χ2n) is 2.85. The third-order valence-electron chi connectivity index (χ3n) is 1.96. The predicted octanol–water partition coefficient (Wildman–Crippen LogP) is 4.28. The number of rotatable bonds is 1. The van der Waals surface area contributed by atoms with Crippen molar-refractivity contribution in [1.82, 2.24) is 0 Å². The summed E-state index contributed by atoms with van der Waals surface area (Å²) < 4.78 is 1.08. The van der Waals surface area contributed by atoms with Crippen LogP contribution in [-0.2, 0) is 0 Å². The fourth-order valence-corrected chi connectivity index (χ4v) is 2.95. The van der Waals surface area contributed by atoms with Gasteiger partial charge in [-0.05, 0) is 35.9 Å². The van der Waals surface area contributed by atoms with Gasteiger partial charge in [0.1, 0.15) is 0 Å². The molecule has 64 valence electrons. The van der Waals surface area contributed by atoms with Crippen molar-refractivity contribution < 1.29 is 0 Å². The van der Waals surface area contributed by atoms with Gasteiger partial charge >= 0.3 is 0 Å². The minimum Gasteiger partial charge on any atom is -0.154 e. The van der Waals surface area contributed by atoms with E-state index in [1.165, 1.54) is 17.7 Å². The highest BCUT2D eigenvalue weighted by Gasteiger charge is 2.20. The predicted molar refractivity (Wildman–Crippen MR) is 59.0 cm³/mol. The lowest BCUT2D eigenvalue weighted by atomic mass is 10.1. The Kier molecular flexibility index (Phi) is 2.68. The maximum atomic E-state index is 5.94. The number of thioether (sulfide) groups is 1. The molecule has 1 aliphatic rings. The summed E-state index contributed by atoms with van der Waals surface area (Å²) in [4.78, 5) is 0. The van der Waals surface area contributed by atoms with E-state index in [1.807, 2.05) is 17.8 Å². The summed E-state index contributed by atoms with van der Waals surface area (Å²) in [6.07, 6.45) is 1.29. The molecule has 3 heteroatoms. The van der Waals surface area contributed by atoms with Gasteiger partial charge in [0, 0.05) is 14.7 Å². The molecule has 0 bridgehead atoms. The van der Waals surface area contributed by atoms with Gasteiger partial charge in [-0.15, -0.1) is 0 Å². The minimum atomic E-state index is 0.681. The molecule has 1 unspecified atom stereocenters. The average molecular weight is 264 g/mol. The largest absolute Gasteiger partial charge is 0.154 e. The third kappa shape index (κ3) is 1.81. The van der Waals surface area contributed by atoms with Gasteiger partial charge in [-0.3, -0.25) is 0 Å². The Morgan fingerprint density at radius 2 is 2.17 bits per heavy atom. The Hall–Kier alpha value is 0.340. The zero-order chi connectivity index (χ0) is 8.55. The fourth-order valence-electron chi connectivity index (χ4n) is 1.26. The lowest BCUT2D eigenvalue weighted by Crippen LogP contribution is -2.06. The van der Waals surface area contributed by atoms with Crippen LogP contribution in [0.15, 0.2) is 22.7 Å². The van der Waals surface area contributed by atoms with Crippen molar-refractivity contribution in [3.63, 3.8) is 0 Å². The third-order valence-corrected chi connectivity index (χ3v) is 4.01. The maximum Gasteiger partial charge on any atom is 0.0420 e. The van der Waals surface area contributed by atoms with E-state index < -0.39 is 0 Å². The van der Waals surface area contributed by atoms with Crippen molar-refractivity contribution in [2.75, 3.05) is 5.75 Å². The van der Waals surface area contributed by atoms with Crippen molar-refractivity contribution in [2.24, 2.45) is 0 Å². The first-order valence-electron chi connectivity index (χ1n) is 3.83. The molecule has 1 atom stereocenters. The van der Waals surface area contributed by atoms with Crippen molar-refractivity contribution in [1.29, 1.82) is 0 Å². The molecule has 0 aromatic heterocycles. The molecule has 0 aliphatic carbocycles. The Balaban J connectivity index is 2.30. The monoisotopic (exact) mass is 262 g/mol. The van der Waals surface area contributed by atoms with Gasteiger partial charge in [-0.25, -0.2) is 0 Å². The molecular formula is C9H8BrClS. The van der Waals surface area contributed by atoms with Crippen LogP contribution in [0.1, 0.15) is 17.2 Å². The molecule has 0 spiro atoms. The molecular weight excluding hydrogens is 256 g/mol. The van der Waals surface area contributed by atoms with E-state index in [4.69, 9.17) is 11.6 Å². The first-order chi connectivity index (χ1) is 5.75. The SMILES string of the molecule is Clc1cc(Br)cc(C2CCS2)c1. The molecule has 1 aliphatic heterocycles. The molecule has 0 nitrogen and oxygen atoms in total. The van der Waals surface area contributed by atoms with E-state index >= 15 is 0 Å². The minimum absolute atomic E-state index is 0.681. The van der Waals surface area contributed by atoms with Crippen LogP contribution < -0.4 is 0 Å². The molecule has 1 aromatic rings. The summed E-state index contributed by atoms with van der Waals surface area (Å²) in [5.74, 6) is 1.29. The quantitative estimate of drug-likeness (QED) is 0.729.